The minimum Gasteiger partial charge on any atom is -0.459 e. The molecule has 0 aliphatic rings. The number of nitrogens with zero attached hydrogens (tertiary/aromatic N) is 1. The van der Waals surface area contributed by atoms with E-state index in [2.05, 4.69) is 10.3 Å². The maximum atomic E-state index is 12.8. The third kappa shape index (κ3) is 6.47. The van der Waals surface area contributed by atoms with Crippen LogP contribution in [0.4, 0.5) is 24.5 Å². The molecule has 1 unspecified atom stereocenters. The molecule has 166 valence electrons. The number of fused-ring (bicyclic) bond motifs is 1. The number of pyridine rings is 1. The molecule has 1 aromatic heterocycles. The van der Waals surface area contributed by atoms with Gasteiger partial charge in [0.1, 0.15) is 12.7 Å². The molecule has 6 nitrogen and oxygen atoms in total. The standard InChI is InChI=1S/C20H17F3N2O4S.ClH/c21-20(22,23)30-17-7-3-5-13-16(8-9-24-18(13)17)25-15-6-2-1-4-14(15)19(28)29-11-12(27)10-26;/h1-9,12,26-27H,10-11H2,(H,24,25);1H. The third-order valence-corrected chi connectivity index (χ3v) is 4.77. The van der Waals surface area contributed by atoms with Crippen LogP contribution in [0.2, 0.25) is 0 Å². The minimum atomic E-state index is -4.45. The summed E-state index contributed by atoms with van der Waals surface area (Å²) in [5.41, 5.74) is -3.29. The van der Waals surface area contributed by atoms with Crippen molar-refractivity contribution in [3.63, 3.8) is 0 Å². The van der Waals surface area contributed by atoms with Gasteiger partial charge in [-0.3, -0.25) is 4.98 Å². The van der Waals surface area contributed by atoms with Crippen LogP contribution in [-0.4, -0.2) is 46.0 Å². The molecule has 31 heavy (non-hydrogen) atoms. The number of aliphatic hydroxyl groups excluding tert-OH is 2. The lowest BCUT2D eigenvalue weighted by Gasteiger charge is -2.15. The molecule has 1 atom stereocenters. The Kier molecular flexibility index (Phi) is 8.52. The Morgan fingerprint density at radius 1 is 1.13 bits per heavy atom. The van der Waals surface area contributed by atoms with Crippen LogP contribution < -0.4 is 5.32 Å². The van der Waals surface area contributed by atoms with Crippen molar-refractivity contribution in [2.24, 2.45) is 0 Å². The Hall–Kier alpha value is -2.53. The fourth-order valence-electron chi connectivity index (χ4n) is 2.68. The molecule has 0 fully saturated rings. The second kappa shape index (κ2) is 10.7. The molecular weight excluding hydrogens is 457 g/mol. The highest BCUT2D eigenvalue weighted by Crippen LogP contribution is 2.41. The predicted molar refractivity (Wildman–Crippen MR) is 114 cm³/mol. The van der Waals surface area contributed by atoms with E-state index in [-0.39, 0.29) is 46.8 Å². The number of carbonyl (C=O) groups is 1. The van der Waals surface area contributed by atoms with Crippen molar-refractivity contribution < 1.29 is 32.9 Å². The molecule has 0 bridgehead atoms. The van der Waals surface area contributed by atoms with E-state index in [1.807, 2.05) is 0 Å². The number of aromatic nitrogens is 1. The molecule has 0 saturated carbocycles. The van der Waals surface area contributed by atoms with Crippen molar-refractivity contribution in [1.82, 2.24) is 4.98 Å². The number of esters is 1. The smallest absolute Gasteiger partial charge is 0.446 e. The van der Waals surface area contributed by atoms with Gasteiger partial charge in [-0.15, -0.1) is 12.4 Å². The highest BCUT2D eigenvalue weighted by Gasteiger charge is 2.30. The molecule has 2 aromatic carbocycles. The average molecular weight is 475 g/mol. The van der Waals surface area contributed by atoms with Gasteiger partial charge in [-0.05, 0) is 36.0 Å². The normalized spacial score (nSPS) is 12.2. The van der Waals surface area contributed by atoms with Crippen molar-refractivity contribution in [1.29, 1.82) is 0 Å². The highest BCUT2D eigenvalue weighted by atomic mass is 35.5. The zero-order valence-corrected chi connectivity index (χ0v) is 17.4. The second-order valence-corrected chi connectivity index (χ2v) is 7.27. The Balaban J connectivity index is 0.00000341. The quantitative estimate of drug-likeness (QED) is 0.342. The van der Waals surface area contributed by atoms with Crippen LogP contribution in [0.5, 0.6) is 0 Å². The molecule has 3 N–H and O–H groups in total. The Labute approximate surface area is 185 Å². The number of nitrogens with one attached hydrogen (secondary N) is 1. The van der Waals surface area contributed by atoms with Gasteiger partial charge in [0.05, 0.1) is 23.4 Å². The summed E-state index contributed by atoms with van der Waals surface area (Å²) in [7, 11) is 0. The van der Waals surface area contributed by atoms with E-state index in [0.717, 1.165) is 0 Å². The number of carbonyl (C=O) groups excluding carboxylic acids is 1. The lowest BCUT2D eigenvalue weighted by atomic mass is 10.1. The molecular formula is C20H18ClF3N2O4S. The van der Waals surface area contributed by atoms with E-state index in [0.29, 0.717) is 16.8 Å². The topological polar surface area (TPSA) is 91.7 Å². The van der Waals surface area contributed by atoms with E-state index in [1.54, 1.807) is 30.3 Å². The third-order valence-electron chi connectivity index (χ3n) is 3.99. The Morgan fingerprint density at radius 3 is 2.58 bits per heavy atom. The number of hydrogen-bond donors (Lipinski definition) is 3. The number of ether oxygens (including phenoxy) is 1. The minimum absolute atomic E-state index is 0. The molecule has 0 amide bonds. The number of para-hydroxylation sites is 2. The number of halogens is 4. The monoisotopic (exact) mass is 474 g/mol. The first-order valence-corrected chi connectivity index (χ1v) is 9.55. The number of anilines is 2. The molecule has 0 radical (unpaired) electrons. The highest BCUT2D eigenvalue weighted by molar-refractivity contribution is 8.00. The van der Waals surface area contributed by atoms with E-state index >= 15 is 0 Å². The first-order chi connectivity index (χ1) is 14.3. The van der Waals surface area contributed by atoms with Gasteiger partial charge in [0.25, 0.3) is 0 Å². The fourth-order valence-corrected chi connectivity index (χ4v) is 3.34. The summed E-state index contributed by atoms with van der Waals surface area (Å²) in [4.78, 5) is 16.4. The number of thioether (sulfide) groups is 1. The van der Waals surface area contributed by atoms with E-state index < -0.39 is 24.2 Å². The van der Waals surface area contributed by atoms with Gasteiger partial charge in [0, 0.05) is 22.2 Å². The number of alkyl halides is 3. The Morgan fingerprint density at radius 2 is 1.87 bits per heavy atom. The van der Waals surface area contributed by atoms with Crippen LogP contribution in [0, 0.1) is 0 Å². The number of hydrogen-bond acceptors (Lipinski definition) is 7. The summed E-state index contributed by atoms with van der Waals surface area (Å²) in [6.07, 6.45) is 0.187. The largest absolute Gasteiger partial charge is 0.459 e. The lowest BCUT2D eigenvalue weighted by molar-refractivity contribution is -0.0327. The van der Waals surface area contributed by atoms with Gasteiger partial charge in [0.15, 0.2) is 0 Å². The van der Waals surface area contributed by atoms with Gasteiger partial charge in [-0.2, -0.15) is 13.2 Å². The van der Waals surface area contributed by atoms with E-state index in [9.17, 15) is 23.1 Å². The second-order valence-electron chi connectivity index (χ2n) is 6.16. The van der Waals surface area contributed by atoms with Crippen molar-refractivity contribution >= 4 is 52.4 Å². The summed E-state index contributed by atoms with van der Waals surface area (Å²) in [6.45, 7) is -0.922. The maximum absolute atomic E-state index is 12.8. The SMILES string of the molecule is Cl.O=C(OCC(O)CO)c1ccccc1Nc1ccnc2c(SC(F)(F)F)cccc12. The summed E-state index contributed by atoms with van der Waals surface area (Å²) in [6, 6.07) is 12.5. The summed E-state index contributed by atoms with van der Waals surface area (Å²) < 4.78 is 43.5. The van der Waals surface area contributed by atoms with Gasteiger partial charge < -0.3 is 20.3 Å². The fraction of sp³-hybridized carbons (Fsp3) is 0.200. The molecule has 0 aliphatic carbocycles. The first kappa shape index (κ1) is 24.7. The number of aliphatic hydroxyl groups is 2. The van der Waals surface area contributed by atoms with Crippen LogP contribution in [-0.2, 0) is 4.74 Å². The van der Waals surface area contributed by atoms with Gasteiger partial charge in [-0.25, -0.2) is 4.79 Å². The zero-order chi connectivity index (χ0) is 21.7. The van der Waals surface area contributed by atoms with Crippen molar-refractivity contribution in [3.8, 4) is 0 Å². The van der Waals surface area contributed by atoms with Crippen LogP contribution in [0.15, 0.2) is 59.6 Å². The van der Waals surface area contributed by atoms with Crippen molar-refractivity contribution in [3.05, 3.63) is 60.3 Å². The summed E-state index contributed by atoms with van der Waals surface area (Å²) in [5, 5.41) is 21.7. The van der Waals surface area contributed by atoms with Gasteiger partial charge in [-0.1, -0.05) is 24.3 Å². The number of rotatable bonds is 7. The number of benzene rings is 2. The average Bonchev–Trinajstić information content (AvgIpc) is 2.71. The molecule has 0 saturated heterocycles. The zero-order valence-electron chi connectivity index (χ0n) is 15.8. The van der Waals surface area contributed by atoms with Gasteiger partial charge in [0.2, 0.25) is 0 Å². The van der Waals surface area contributed by atoms with Crippen molar-refractivity contribution in [2.75, 3.05) is 18.5 Å². The predicted octanol–water partition coefficient (Wildman–Crippen LogP) is 4.52. The Bertz CT molecular complexity index is 1050. The lowest BCUT2D eigenvalue weighted by Crippen LogP contribution is -2.22. The molecule has 11 heteroatoms. The molecule has 3 aromatic rings. The summed E-state index contributed by atoms with van der Waals surface area (Å²) in [5.74, 6) is -0.725. The molecule has 0 spiro atoms. The van der Waals surface area contributed by atoms with Crippen LogP contribution in [0.25, 0.3) is 10.9 Å². The van der Waals surface area contributed by atoms with Crippen LogP contribution >= 0.6 is 24.2 Å². The summed E-state index contributed by atoms with van der Waals surface area (Å²) >= 11 is -0.244. The molecule has 0 aliphatic heterocycles. The van der Waals surface area contributed by atoms with Crippen LogP contribution in [0.3, 0.4) is 0 Å². The molecule has 1 heterocycles. The van der Waals surface area contributed by atoms with Crippen molar-refractivity contribution in [2.45, 2.75) is 16.5 Å². The van der Waals surface area contributed by atoms with Crippen LogP contribution in [0.1, 0.15) is 10.4 Å². The van der Waals surface area contributed by atoms with E-state index in [4.69, 9.17) is 9.84 Å². The van der Waals surface area contributed by atoms with Gasteiger partial charge >= 0.3 is 11.5 Å². The maximum Gasteiger partial charge on any atom is 0.446 e. The molecule has 3 rings (SSSR count). The van der Waals surface area contributed by atoms with E-state index in [1.165, 1.54) is 24.4 Å². The first-order valence-electron chi connectivity index (χ1n) is 8.74.